The molecule has 0 N–H and O–H groups in total. The van der Waals surface area contributed by atoms with Crippen molar-refractivity contribution in [2.24, 2.45) is 0 Å². The van der Waals surface area contributed by atoms with Crippen LogP contribution in [0.3, 0.4) is 0 Å². The normalized spacial score (nSPS) is 16.6. The predicted octanol–water partition coefficient (Wildman–Crippen LogP) is 2.21. The molecule has 1 aromatic heterocycles. The van der Waals surface area contributed by atoms with Gasteiger partial charge in [-0.15, -0.1) is 11.3 Å². The Morgan fingerprint density at radius 1 is 1.22 bits per heavy atom. The first-order chi connectivity index (χ1) is 8.58. The van der Waals surface area contributed by atoms with E-state index in [4.69, 9.17) is 0 Å². The number of halogens is 1. The number of carbonyl (C=O) groups is 2. The zero-order chi connectivity index (χ0) is 13.1. The topological polar surface area (TPSA) is 40.6 Å². The van der Waals surface area contributed by atoms with Crippen LogP contribution in [0.1, 0.15) is 23.0 Å². The summed E-state index contributed by atoms with van der Waals surface area (Å²) in [6.07, 6.45) is 0.845. The number of hydrogen-bond acceptors (Lipinski definition) is 3. The molecule has 0 atom stereocenters. The molecule has 2 amide bonds. The van der Waals surface area contributed by atoms with Gasteiger partial charge in [0.05, 0.1) is 4.88 Å². The quantitative estimate of drug-likeness (QED) is 0.792. The molecule has 0 spiro atoms. The second-order valence-electron chi connectivity index (χ2n) is 4.28. The summed E-state index contributed by atoms with van der Waals surface area (Å²) in [4.78, 5) is 28.0. The smallest absolute Gasteiger partial charge is 0.264 e. The second kappa shape index (κ2) is 5.84. The van der Waals surface area contributed by atoms with Gasteiger partial charge in [0.2, 0.25) is 5.91 Å². The van der Waals surface area contributed by atoms with Crippen molar-refractivity contribution in [3.63, 3.8) is 0 Å². The van der Waals surface area contributed by atoms with Crippen LogP contribution in [0.15, 0.2) is 15.9 Å². The van der Waals surface area contributed by atoms with Gasteiger partial charge in [-0.2, -0.15) is 0 Å². The van der Waals surface area contributed by atoms with E-state index in [0.717, 1.165) is 28.9 Å². The van der Waals surface area contributed by atoms with E-state index in [1.807, 2.05) is 16.3 Å². The highest BCUT2D eigenvalue weighted by molar-refractivity contribution is 9.10. The highest BCUT2D eigenvalue weighted by Crippen LogP contribution is 2.21. The number of amides is 2. The van der Waals surface area contributed by atoms with Crippen LogP contribution in [0, 0.1) is 0 Å². The first kappa shape index (κ1) is 13.5. The van der Waals surface area contributed by atoms with E-state index in [1.54, 1.807) is 11.8 Å². The summed E-state index contributed by atoms with van der Waals surface area (Å²) in [6, 6.07) is 1.85. The van der Waals surface area contributed by atoms with E-state index < -0.39 is 0 Å². The lowest BCUT2D eigenvalue weighted by Gasteiger charge is -2.20. The Balaban J connectivity index is 2.02. The van der Waals surface area contributed by atoms with Gasteiger partial charge in [0, 0.05) is 43.0 Å². The molecule has 1 aliphatic rings. The molecule has 0 aromatic carbocycles. The summed E-state index contributed by atoms with van der Waals surface area (Å²) in [5.41, 5.74) is 0. The summed E-state index contributed by atoms with van der Waals surface area (Å²) in [5, 5.41) is 1.91. The molecular formula is C12H15BrN2O2S. The molecule has 0 saturated carbocycles. The third kappa shape index (κ3) is 3.11. The van der Waals surface area contributed by atoms with Crippen LogP contribution in [0.5, 0.6) is 0 Å². The van der Waals surface area contributed by atoms with Crippen molar-refractivity contribution in [1.29, 1.82) is 0 Å². The number of hydrogen-bond donors (Lipinski definition) is 0. The Bertz CT molecular complexity index is 461. The van der Waals surface area contributed by atoms with E-state index >= 15 is 0 Å². The zero-order valence-electron chi connectivity index (χ0n) is 10.2. The minimum atomic E-state index is 0.0658. The van der Waals surface area contributed by atoms with E-state index in [-0.39, 0.29) is 11.8 Å². The molecule has 1 saturated heterocycles. The SMILES string of the molecule is CC(=O)N1CCCN(C(=O)c2cc(Br)cs2)CC1. The molecule has 0 unspecified atom stereocenters. The van der Waals surface area contributed by atoms with Gasteiger partial charge in [0.15, 0.2) is 0 Å². The summed E-state index contributed by atoms with van der Waals surface area (Å²) in [7, 11) is 0. The van der Waals surface area contributed by atoms with Gasteiger partial charge in [0.1, 0.15) is 0 Å². The van der Waals surface area contributed by atoms with Gasteiger partial charge in [-0.1, -0.05) is 0 Å². The molecule has 1 fully saturated rings. The monoisotopic (exact) mass is 330 g/mol. The van der Waals surface area contributed by atoms with Gasteiger partial charge in [-0.05, 0) is 28.4 Å². The Morgan fingerprint density at radius 3 is 2.50 bits per heavy atom. The molecule has 0 radical (unpaired) electrons. The van der Waals surface area contributed by atoms with Crippen molar-refractivity contribution in [3.05, 3.63) is 20.8 Å². The fourth-order valence-electron chi connectivity index (χ4n) is 2.02. The molecule has 1 aromatic rings. The number of carbonyl (C=O) groups excluding carboxylic acids is 2. The van der Waals surface area contributed by atoms with Gasteiger partial charge in [-0.25, -0.2) is 0 Å². The maximum absolute atomic E-state index is 12.3. The maximum atomic E-state index is 12.3. The number of nitrogens with zero attached hydrogens (tertiary/aromatic N) is 2. The highest BCUT2D eigenvalue weighted by atomic mass is 79.9. The summed E-state index contributed by atoms with van der Waals surface area (Å²) in [6.45, 7) is 4.29. The highest BCUT2D eigenvalue weighted by Gasteiger charge is 2.22. The van der Waals surface area contributed by atoms with Crippen LogP contribution >= 0.6 is 27.3 Å². The molecule has 0 bridgehead atoms. The fraction of sp³-hybridized carbons (Fsp3) is 0.500. The van der Waals surface area contributed by atoms with Crippen molar-refractivity contribution in [3.8, 4) is 0 Å². The van der Waals surface area contributed by atoms with Crippen molar-refractivity contribution < 1.29 is 9.59 Å². The van der Waals surface area contributed by atoms with E-state index in [9.17, 15) is 9.59 Å². The largest absolute Gasteiger partial charge is 0.341 e. The first-order valence-corrected chi connectivity index (χ1v) is 7.54. The standard InChI is InChI=1S/C12H15BrN2O2S/c1-9(16)14-3-2-4-15(6-5-14)12(17)11-7-10(13)8-18-11/h7-8H,2-6H2,1H3. The maximum Gasteiger partial charge on any atom is 0.264 e. The minimum absolute atomic E-state index is 0.0658. The average molecular weight is 331 g/mol. The predicted molar refractivity (Wildman–Crippen MR) is 74.8 cm³/mol. The van der Waals surface area contributed by atoms with Gasteiger partial charge < -0.3 is 9.80 Å². The zero-order valence-corrected chi connectivity index (χ0v) is 12.6. The molecule has 98 valence electrons. The van der Waals surface area contributed by atoms with Crippen LogP contribution in [0.25, 0.3) is 0 Å². The van der Waals surface area contributed by atoms with E-state index in [2.05, 4.69) is 15.9 Å². The molecule has 0 aliphatic carbocycles. The van der Waals surface area contributed by atoms with Crippen LogP contribution in [0.4, 0.5) is 0 Å². The third-order valence-corrected chi connectivity index (χ3v) is 4.69. The molecule has 2 rings (SSSR count). The summed E-state index contributed by atoms with van der Waals surface area (Å²) >= 11 is 4.80. The molecule has 4 nitrogen and oxygen atoms in total. The lowest BCUT2D eigenvalue weighted by atomic mass is 10.3. The van der Waals surface area contributed by atoms with Crippen LogP contribution < -0.4 is 0 Å². The Hall–Kier alpha value is -0.880. The third-order valence-electron chi connectivity index (χ3n) is 3.01. The van der Waals surface area contributed by atoms with Gasteiger partial charge >= 0.3 is 0 Å². The average Bonchev–Trinajstić information content (AvgIpc) is 2.63. The van der Waals surface area contributed by atoms with E-state index in [1.165, 1.54) is 11.3 Å². The molecule has 2 heterocycles. The summed E-state index contributed by atoms with van der Waals surface area (Å²) < 4.78 is 0.941. The molecule has 1 aliphatic heterocycles. The van der Waals surface area contributed by atoms with Crippen LogP contribution in [0.2, 0.25) is 0 Å². The second-order valence-corrected chi connectivity index (χ2v) is 6.11. The number of rotatable bonds is 1. The van der Waals surface area contributed by atoms with Crippen LogP contribution in [-0.4, -0.2) is 47.8 Å². The van der Waals surface area contributed by atoms with Crippen molar-refractivity contribution >= 4 is 39.1 Å². The van der Waals surface area contributed by atoms with Crippen molar-refractivity contribution in [2.45, 2.75) is 13.3 Å². The van der Waals surface area contributed by atoms with Crippen molar-refractivity contribution in [2.75, 3.05) is 26.2 Å². The Kier molecular flexibility index (Phi) is 4.40. The Labute approximate surface area is 119 Å². The fourth-order valence-corrected chi connectivity index (χ4v) is 3.41. The van der Waals surface area contributed by atoms with E-state index in [0.29, 0.717) is 13.1 Å². The number of thiophene rings is 1. The molecule has 18 heavy (non-hydrogen) atoms. The lowest BCUT2D eigenvalue weighted by Crippen LogP contribution is -2.36. The summed E-state index contributed by atoms with van der Waals surface area (Å²) in [5.74, 6) is 0.152. The van der Waals surface area contributed by atoms with Crippen LogP contribution in [-0.2, 0) is 4.79 Å². The molecule has 6 heteroatoms. The molecular weight excluding hydrogens is 316 g/mol. The van der Waals surface area contributed by atoms with Gasteiger partial charge in [-0.3, -0.25) is 9.59 Å². The minimum Gasteiger partial charge on any atom is -0.341 e. The Morgan fingerprint density at radius 2 is 1.89 bits per heavy atom. The first-order valence-electron chi connectivity index (χ1n) is 5.87. The van der Waals surface area contributed by atoms with Gasteiger partial charge in [0.25, 0.3) is 5.91 Å². The lowest BCUT2D eigenvalue weighted by molar-refractivity contribution is -0.128. The van der Waals surface area contributed by atoms with Crippen molar-refractivity contribution in [1.82, 2.24) is 9.80 Å².